The summed E-state index contributed by atoms with van der Waals surface area (Å²) < 4.78 is 5.02. The molecule has 2 rings (SSSR count). The number of allylic oxidation sites excluding steroid dienone is 1. The molecule has 84 valence electrons. The molecule has 0 aromatic rings. The van der Waals surface area contributed by atoms with Gasteiger partial charge in [0.2, 0.25) is 0 Å². The van der Waals surface area contributed by atoms with Crippen molar-refractivity contribution in [3.63, 3.8) is 0 Å². The summed E-state index contributed by atoms with van der Waals surface area (Å²) in [6.45, 7) is 2.28. The van der Waals surface area contributed by atoms with Crippen LogP contribution < -0.4 is 5.73 Å². The van der Waals surface area contributed by atoms with Crippen LogP contribution in [0.25, 0.3) is 0 Å². The summed E-state index contributed by atoms with van der Waals surface area (Å²) in [5, 5.41) is 0. The van der Waals surface area contributed by atoms with Crippen molar-refractivity contribution in [3.05, 3.63) is 11.6 Å². The summed E-state index contributed by atoms with van der Waals surface area (Å²) in [7, 11) is 0. The molecule has 2 aliphatic carbocycles. The lowest BCUT2D eigenvalue weighted by Crippen LogP contribution is -2.36. The zero-order valence-corrected chi connectivity index (χ0v) is 9.24. The Kier molecular flexibility index (Phi) is 3.10. The van der Waals surface area contributed by atoms with Gasteiger partial charge in [-0.15, -0.1) is 0 Å². The number of fused-ring (bicyclic) bond motifs is 1. The van der Waals surface area contributed by atoms with Crippen molar-refractivity contribution in [3.8, 4) is 0 Å². The molecule has 2 aliphatic rings. The van der Waals surface area contributed by atoms with Gasteiger partial charge in [-0.3, -0.25) is 0 Å². The minimum absolute atomic E-state index is 0.155. The van der Waals surface area contributed by atoms with Gasteiger partial charge in [0, 0.05) is 11.6 Å². The van der Waals surface area contributed by atoms with Crippen molar-refractivity contribution in [2.75, 3.05) is 6.61 Å². The molecule has 0 heterocycles. The molecular weight excluding hydrogens is 190 g/mol. The molecule has 0 aliphatic heterocycles. The molecule has 3 heteroatoms. The van der Waals surface area contributed by atoms with Gasteiger partial charge in [-0.05, 0) is 38.0 Å². The van der Waals surface area contributed by atoms with E-state index in [1.54, 1.807) is 0 Å². The fourth-order valence-corrected chi connectivity index (χ4v) is 2.86. The molecule has 0 aromatic carbocycles. The van der Waals surface area contributed by atoms with Crippen LogP contribution in [0.4, 0.5) is 0 Å². The Bertz CT molecular complexity index is 285. The van der Waals surface area contributed by atoms with Crippen LogP contribution in [-0.2, 0) is 9.53 Å². The predicted octanol–water partition coefficient (Wildman–Crippen LogP) is 1.62. The number of esters is 1. The highest BCUT2D eigenvalue weighted by molar-refractivity contribution is 5.88. The Morgan fingerprint density at radius 1 is 1.60 bits per heavy atom. The van der Waals surface area contributed by atoms with Crippen molar-refractivity contribution in [1.29, 1.82) is 0 Å². The third-order valence-corrected chi connectivity index (χ3v) is 3.58. The van der Waals surface area contributed by atoms with Crippen molar-refractivity contribution >= 4 is 5.97 Å². The standard InChI is InChI=1S/C12H19NO2/c1-2-15-12(14)9-6-8-4-3-5-10(8)11(13)7-9/h6,8,10-11H,2-5,7,13H2,1H3/t8-,10-,11-/m1/s1. The second-order valence-corrected chi connectivity index (χ2v) is 4.54. The summed E-state index contributed by atoms with van der Waals surface area (Å²) >= 11 is 0. The van der Waals surface area contributed by atoms with E-state index in [9.17, 15) is 4.79 Å². The molecule has 0 spiro atoms. The molecule has 0 bridgehead atoms. The third kappa shape index (κ3) is 2.07. The monoisotopic (exact) mass is 209 g/mol. The SMILES string of the molecule is CCOC(=O)C1=C[C@H]2CCC[C@H]2[C@H](N)C1. The lowest BCUT2D eigenvalue weighted by Gasteiger charge is -2.29. The van der Waals surface area contributed by atoms with E-state index in [0.29, 0.717) is 24.9 Å². The second-order valence-electron chi connectivity index (χ2n) is 4.54. The van der Waals surface area contributed by atoms with E-state index in [1.807, 2.05) is 6.92 Å². The van der Waals surface area contributed by atoms with Gasteiger partial charge in [0.15, 0.2) is 0 Å². The van der Waals surface area contributed by atoms with E-state index in [4.69, 9.17) is 10.5 Å². The Labute approximate surface area is 90.7 Å². The number of hydrogen-bond donors (Lipinski definition) is 1. The summed E-state index contributed by atoms with van der Waals surface area (Å²) in [6, 6.07) is 0.155. The summed E-state index contributed by atoms with van der Waals surface area (Å²) in [5.74, 6) is 0.953. The molecular formula is C12H19NO2. The van der Waals surface area contributed by atoms with Crippen LogP contribution in [0, 0.1) is 11.8 Å². The number of carbonyl (C=O) groups excluding carboxylic acids is 1. The minimum Gasteiger partial charge on any atom is -0.463 e. The normalized spacial score (nSPS) is 34.5. The van der Waals surface area contributed by atoms with Gasteiger partial charge in [0.1, 0.15) is 0 Å². The van der Waals surface area contributed by atoms with Crippen LogP contribution in [0.5, 0.6) is 0 Å². The molecule has 3 nitrogen and oxygen atoms in total. The summed E-state index contributed by atoms with van der Waals surface area (Å²) in [4.78, 5) is 11.6. The zero-order chi connectivity index (χ0) is 10.8. The van der Waals surface area contributed by atoms with Crippen LogP contribution in [0.2, 0.25) is 0 Å². The largest absolute Gasteiger partial charge is 0.463 e. The maximum absolute atomic E-state index is 11.6. The van der Waals surface area contributed by atoms with Crippen molar-refractivity contribution in [2.24, 2.45) is 17.6 Å². The van der Waals surface area contributed by atoms with E-state index in [1.165, 1.54) is 19.3 Å². The van der Waals surface area contributed by atoms with E-state index in [2.05, 4.69) is 6.08 Å². The number of nitrogens with two attached hydrogens (primary N) is 1. The van der Waals surface area contributed by atoms with Gasteiger partial charge in [-0.25, -0.2) is 4.79 Å². The first-order chi connectivity index (χ1) is 7.22. The molecule has 1 fully saturated rings. The summed E-state index contributed by atoms with van der Waals surface area (Å²) in [5.41, 5.74) is 6.89. The van der Waals surface area contributed by atoms with Crippen LogP contribution in [0.1, 0.15) is 32.6 Å². The maximum atomic E-state index is 11.6. The average molecular weight is 209 g/mol. The Hall–Kier alpha value is -0.830. The topological polar surface area (TPSA) is 52.3 Å². The highest BCUT2D eigenvalue weighted by Gasteiger charge is 2.36. The van der Waals surface area contributed by atoms with Gasteiger partial charge in [-0.2, -0.15) is 0 Å². The van der Waals surface area contributed by atoms with E-state index < -0.39 is 0 Å². The zero-order valence-electron chi connectivity index (χ0n) is 9.24. The molecule has 0 saturated heterocycles. The van der Waals surface area contributed by atoms with E-state index >= 15 is 0 Å². The van der Waals surface area contributed by atoms with Crippen molar-refractivity contribution in [1.82, 2.24) is 0 Å². The van der Waals surface area contributed by atoms with E-state index in [0.717, 1.165) is 5.57 Å². The first kappa shape index (κ1) is 10.7. The Morgan fingerprint density at radius 2 is 2.40 bits per heavy atom. The van der Waals surface area contributed by atoms with Gasteiger partial charge in [0.05, 0.1) is 6.61 Å². The number of carbonyl (C=O) groups is 1. The lowest BCUT2D eigenvalue weighted by atomic mass is 9.79. The predicted molar refractivity (Wildman–Crippen MR) is 58.1 cm³/mol. The third-order valence-electron chi connectivity index (χ3n) is 3.58. The average Bonchev–Trinajstić information content (AvgIpc) is 2.66. The number of ether oxygens (including phenoxy) is 1. The number of rotatable bonds is 2. The molecule has 0 aromatic heterocycles. The van der Waals surface area contributed by atoms with Crippen molar-refractivity contribution < 1.29 is 9.53 Å². The minimum atomic E-state index is -0.168. The van der Waals surface area contributed by atoms with Gasteiger partial charge in [0.25, 0.3) is 0 Å². The molecule has 0 radical (unpaired) electrons. The molecule has 0 unspecified atom stereocenters. The fourth-order valence-electron chi connectivity index (χ4n) is 2.86. The molecule has 0 amide bonds. The van der Waals surface area contributed by atoms with Gasteiger partial charge >= 0.3 is 5.97 Å². The first-order valence-corrected chi connectivity index (χ1v) is 5.85. The fraction of sp³-hybridized carbons (Fsp3) is 0.750. The van der Waals surface area contributed by atoms with Crippen LogP contribution in [0.15, 0.2) is 11.6 Å². The van der Waals surface area contributed by atoms with Crippen molar-refractivity contribution in [2.45, 2.75) is 38.6 Å². The van der Waals surface area contributed by atoms with E-state index in [-0.39, 0.29) is 12.0 Å². The molecule has 3 atom stereocenters. The number of hydrogen-bond acceptors (Lipinski definition) is 3. The highest BCUT2D eigenvalue weighted by atomic mass is 16.5. The van der Waals surface area contributed by atoms with Crippen LogP contribution >= 0.6 is 0 Å². The molecule has 2 N–H and O–H groups in total. The Balaban J connectivity index is 2.10. The van der Waals surface area contributed by atoms with Gasteiger partial charge in [-0.1, -0.05) is 12.5 Å². The highest BCUT2D eigenvalue weighted by Crippen LogP contribution is 2.40. The smallest absolute Gasteiger partial charge is 0.333 e. The lowest BCUT2D eigenvalue weighted by molar-refractivity contribution is -0.138. The maximum Gasteiger partial charge on any atom is 0.333 e. The quantitative estimate of drug-likeness (QED) is 0.703. The first-order valence-electron chi connectivity index (χ1n) is 5.85. The summed E-state index contributed by atoms with van der Waals surface area (Å²) in [6.07, 6.45) is 6.45. The second kappa shape index (κ2) is 4.35. The van der Waals surface area contributed by atoms with Crippen LogP contribution in [0.3, 0.4) is 0 Å². The van der Waals surface area contributed by atoms with Gasteiger partial charge < -0.3 is 10.5 Å². The Morgan fingerprint density at radius 3 is 3.13 bits per heavy atom. The molecule has 1 saturated carbocycles. The molecule has 15 heavy (non-hydrogen) atoms. The van der Waals surface area contributed by atoms with Crippen LogP contribution in [-0.4, -0.2) is 18.6 Å².